The van der Waals surface area contributed by atoms with Crippen LogP contribution in [0.3, 0.4) is 0 Å². The molecule has 2 heterocycles. The van der Waals surface area contributed by atoms with E-state index in [0.717, 1.165) is 37.3 Å². The highest BCUT2D eigenvalue weighted by atomic mass is 127. The van der Waals surface area contributed by atoms with Crippen molar-refractivity contribution in [2.24, 2.45) is 10.9 Å². The number of guanidine groups is 1. The Kier molecular flexibility index (Phi) is 7.58. The number of rotatable bonds is 4. The first-order valence-corrected chi connectivity index (χ1v) is 8.93. The Morgan fingerprint density at radius 2 is 1.96 bits per heavy atom. The van der Waals surface area contributed by atoms with Gasteiger partial charge in [0, 0.05) is 38.9 Å². The van der Waals surface area contributed by atoms with E-state index in [1.807, 2.05) is 13.2 Å². The predicted molar refractivity (Wildman–Crippen MR) is 111 cm³/mol. The highest BCUT2D eigenvalue weighted by Crippen LogP contribution is 2.28. The molecule has 0 radical (unpaired) electrons. The standard InChI is InChI=1S/C18H29N5.HI/c1-14-11-16(14)22-18(19-2)21-13-15-7-8-17(20-12-15)23-9-5-3-4-6-10-23;/h7-8,12,14,16H,3-6,9-11,13H2,1-2H3,(H2,19,21,22);1H. The zero-order chi connectivity index (χ0) is 16.1. The van der Waals surface area contributed by atoms with E-state index in [9.17, 15) is 0 Å². The Labute approximate surface area is 162 Å². The second-order valence-electron chi connectivity index (χ2n) is 6.82. The summed E-state index contributed by atoms with van der Waals surface area (Å²) in [5.41, 5.74) is 1.19. The summed E-state index contributed by atoms with van der Waals surface area (Å²) in [7, 11) is 1.82. The summed E-state index contributed by atoms with van der Waals surface area (Å²) in [6.45, 7) is 5.30. The predicted octanol–water partition coefficient (Wildman–Crippen LogP) is 3.15. The Morgan fingerprint density at radius 3 is 2.50 bits per heavy atom. The molecule has 0 aromatic carbocycles. The summed E-state index contributed by atoms with van der Waals surface area (Å²) in [6, 6.07) is 4.92. The van der Waals surface area contributed by atoms with Crippen molar-refractivity contribution in [1.29, 1.82) is 0 Å². The molecule has 2 aliphatic rings. The molecule has 3 rings (SSSR count). The van der Waals surface area contributed by atoms with Gasteiger partial charge in [0.2, 0.25) is 0 Å². The molecule has 1 aliphatic heterocycles. The summed E-state index contributed by atoms with van der Waals surface area (Å²) in [4.78, 5) is 11.4. The van der Waals surface area contributed by atoms with Crippen LogP contribution in [0.4, 0.5) is 5.82 Å². The number of hydrogen-bond donors (Lipinski definition) is 2. The molecule has 24 heavy (non-hydrogen) atoms. The van der Waals surface area contributed by atoms with Crippen LogP contribution in [-0.4, -0.2) is 37.1 Å². The second kappa shape index (κ2) is 9.44. The number of pyridine rings is 1. The molecule has 2 atom stereocenters. The molecule has 0 spiro atoms. The Balaban J connectivity index is 0.00000208. The van der Waals surface area contributed by atoms with Gasteiger partial charge in [-0.1, -0.05) is 25.8 Å². The lowest BCUT2D eigenvalue weighted by Gasteiger charge is -2.21. The first kappa shape index (κ1) is 19.3. The van der Waals surface area contributed by atoms with Crippen molar-refractivity contribution in [2.75, 3.05) is 25.0 Å². The molecule has 0 amide bonds. The molecule has 1 saturated heterocycles. The summed E-state index contributed by atoms with van der Waals surface area (Å²) in [5.74, 6) is 2.77. The minimum Gasteiger partial charge on any atom is -0.357 e. The van der Waals surface area contributed by atoms with Crippen molar-refractivity contribution in [3.63, 3.8) is 0 Å². The third-order valence-electron chi connectivity index (χ3n) is 4.85. The maximum atomic E-state index is 4.66. The third kappa shape index (κ3) is 5.50. The maximum Gasteiger partial charge on any atom is 0.191 e. The van der Waals surface area contributed by atoms with Crippen LogP contribution in [-0.2, 0) is 6.54 Å². The van der Waals surface area contributed by atoms with Crippen LogP contribution in [0.1, 0.15) is 44.6 Å². The fourth-order valence-corrected chi connectivity index (χ4v) is 3.09. The smallest absolute Gasteiger partial charge is 0.191 e. The quantitative estimate of drug-likeness (QED) is 0.427. The lowest BCUT2D eigenvalue weighted by atomic mass is 10.2. The molecule has 1 aromatic heterocycles. The molecule has 1 saturated carbocycles. The van der Waals surface area contributed by atoms with Crippen molar-refractivity contribution < 1.29 is 0 Å². The van der Waals surface area contributed by atoms with E-state index in [1.54, 1.807) is 0 Å². The zero-order valence-electron chi connectivity index (χ0n) is 14.8. The number of nitrogens with zero attached hydrogens (tertiary/aromatic N) is 3. The van der Waals surface area contributed by atoms with Gasteiger partial charge in [0.05, 0.1) is 0 Å². The van der Waals surface area contributed by atoms with Gasteiger partial charge in [-0.05, 0) is 36.8 Å². The van der Waals surface area contributed by atoms with Gasteiger partial charge in [0.15, 0.2) is 5.96 Å². The van der Waals surface area contributed by atoms with E-state index in [1.165, 1.54) is 37.7 Å². The van der Waals surface area contributed by atoms with Crippen molar-refractivity contribution in [1.82, 2.24) is 15.6 Å². The van der Waals surface area contributed by atoms with Crippen LogP contribution >= 0.6 is 24.0 Å². The minimum absolute atomic E-state index is 0. The molecule has 1 aliphatic carbocycles. The van der Waals surface area contributed by atoms with Crippen LogP contribution in [0, 0.1) is 5.92 Å². The average molecular weight is 443 g/mol. The number of aliphatic imine (C=N–C) groups is 1. The molecule has 0 bridgehead atoms. The Bertz CT molecular complexity index is 523. The van der Waals surface area contributed by atoms with E-state index in [-0.39, 0.29) is 24.0 Å². The first-order chi connectivity index (χ1) is 11.3. The summed E-state index contributed by atoms with van der Waals surface area (Å²) in [5, 5.41) is 6.81. The largest absolute Gasteiger partial charge is 0.357 e. The first-order valence-electron chi connectivity index (χ1n) is 8.93. The fourth-order valence-electron chi connectivity index (χ4n) is 3.09. The maximum absolute atomic E-state index is 4.66. The van der Waals surface area contributed by atoms with Gasteiger partial charge in [-0.2, -0.15) is 0 Å². The van der Waals surface area contributed by atoms with E-state index in [4.69, 9.17) is 0 Å². The molecule has 5 nitrogen and oxygen atoms in total. The van der Waals surface area contributed by atoms with Crippen LogP contribution in [0.15, 0.2) is 23.3 Å². The normalized spacial score (nSPS) is 23.9. The third-order valence-corrected chi connectivity index (χ3v) is 4.85. The zero-order valence-corrected chi connectivity index (χ0v) is 17.1. The second-order valence-corrected chi connectivity index (χ2v) is 6.82. The molecule has 2 unspecified atom stereocenters. The van der Waals surface area contributed by atoms with Gasteiger partial charge >= 0.3 is 0 Å². The fraction of sp³-hybridized carbons (Fsp3) is 0.667. The van der Waals surface area contributed by atoms with Crippen molar-refractivity contribution in [3.8, 4) is 0 Å². The van der Waals surface area contributed by atoms with Gasteiger partial charge < -0.3 is 15.5 Å². The van der Waals surface area contributed by atoms with Gasteiger partial charge in [-0.3, -0.25) is 4.99 Å². The SMILES string of the molecule is CN=C(NCc1ccc(N2CCCCCC2)nc1)NC1CC1C.I. The van der Waals surface area contributed by atoms with Gasteiger partial charge in [-0.25, -0.2) is 4.98 Å². The van der Waals surface area contributed by atoms with Crippen LogP contribution in [0.25, 0.3) is 0 Å². The van der Waals surface area contributed by atoms with E-state index >= 15 is 0 Å². The highest BCUT2D eigenvalue weighted by molar-refractivity contribution is 14.0. The van der Waals surface area contributed by atoms with E-state index in [0.29, 0.717) is 6.04 Å². The molecule has 1 aromatic rings. The Hall–Kier alpha value is -1.05. The number of anilines is 1. The van der Waals surface area contributed by atoms with Crippen LogP contribution in [0.2, 0.25) is 0 Å². The summed E-state index contributed by atoms with van der Waals surface area (Å²) >= 11 is 0. The highest BCUT2D eigenvalue weighted by Gasteiger charge is 2.33. The monoisotopic (exact) mass is 443 g/mol. The van der Waals surface area contributed by atoms with Crippen molar-refractivity contribution in [2.45, 2.75) is 51.6 Å². The van der Waals surface area contributed by atoms with Crippen molar-refractivity contribution >= 4 is 35.8 Å². The summed E-state index contributed by atoms with van der Waals surface area (Å²) < 4.78 is 0. The number of aromatic nitrogens is 1. The van der Waals surface area contributed by atoms with E-state index < -0.39 is 0 Å². The van der Waals surface area contributed by atoms with Gasteiger partial charge in [-0.15, -0.1) is 24.0 Å². The average Bonchev–Trinajstić information content (AvgIpc) is 3.33. The number of nitrogens with one attached hydrogen (secondary N) is 2. The lowest BCUT2D eigenvalue weighted by Crippen LogP contribution is -2.38. The van der Waals surface area contributed by atoms with E-state index in [2.05, 4.69) is 44.6 Å². The minimum atomic E-state index is 0. The number of halogens is 1. The Morgan fingerprint density at radius 1 is 1.25 bits per heavy atom. The lowest BCUT2D eigenvalue weighted by molar-refractivity contribution is 0.726. The molecule has 6 heteroatoms. The molecule has 134 valence electrons. The molecular formula is C18H30IN5. The molecule has 2 fully saturated rings. The van der Waals surface area contributed by atoms with Crippen LogP contribution in [0.5, 0.6) is 0 Å². The van der Waals surface area contributed by atoms with Crippen molar-refractivity contribution in [3.05, 3.63) is 23.9 Å². The van der Waals surface area contributed by atoms with Crippen LogP contribution < -0.4 is 15.5 Å². The molecular weight excluding hydrogens is 413 g/mol. The topological polar surface area (TPSA) is 52.6 Å². The van der Waals surface area contributed by atoms with Gasteiger partial charge in [0.1, 0.15) is 5.82 Å². The number of hydrogen-bond acceptors (Lipinski definition) is 3. The van der Waals surface area contributed by atoms with Gasteiger partial charge in [0.25, 0.3) is 0 Å². The molecule has 2 N–H and O–H groups in total. The summed E-state index contributed by atoms with van der Waals surface area (Å²) in [6.07, 6.45) is 8.50.